The Bertz CT molecular complexity index is 605. The molecule has 1 aliphatic heterocycles. The number of hydrogen-bond donors (Lipinski definition) is 0. The van der Waals surface area contributed by atoms with Gasteiger partial charge in [0.2, 0.25) is 0 Å². The summed E-state index contributed by atoms with van der Waals surface area (Å²) in [6.45, 7) is 0. The fourth-order valence-electron chi connectivity index (χ4n) is 2.05. The van der Waals surface area contributed by atoms with Crippen molar-refractivity contribution >= 4 is 37.6 Å². The van der Waals surface area contributed by atoms with Gasteiger partial charge in [-0.05, 0) is 35.4 Å². The van der Waals surface area contributed by atoms with E-state index in [1.165, 1.54) is 0 Å². The highest BCUT2D eigenvalue weighted by molar-refractivity contribution is 9.10. The lowest BCUT2D eigenvalue weighted by atomic mass is 10.0. The molecule has 0 spiro atoms. The van der Waals surface area contributed by atoms with Crippen LogP contribution in [0.1, 0.15) is 23.7 Å². The third kappa shape index (κ3) is 2.90. The molecule has 2 nitrogen and oxygen atoms in total. The van der Waals surface area contributed by atoms with Gasteiger partial charge in [0, 0.05) is 15.4 Å². The first kappa shape index (κ1) is 12.9. The van der Waals surface area contributed by atoms with Crippen LogP contribution in [0.2, 0.25) is 0 Å². The summed E-state index contributed by atoms with van der Waals surface area (Å²) in [5, 5.41) is 4.21. The van der Waals surface area contributed by atoms with Crippen molar-refractivity contribution in [1.82, 2.24) is 0 Å². The third-order valence-electron chi connectivity index (χ3n) is 3.09. The maximum absolute atomic E-state index is 5.54. The minimum Gasteiger partial charge on any atom is -0.387 e. The summed E-state index contributed by atoms with van der Waals surface area (Å²) < 4.78 is 2.14. The van der Waals surface area contributed by atoms with Crippen LogP contribution < -0.4 is 0 Å². The van der Waals surface area contributed by atoms with Crippen LogP contribution in [0, 0.1) is 0 Å². The zero-order valence-corrected chi connectivity index (χ0v) is 13.2. The molecule has 0 unspecified atom stereocenters. The van der Waals surface area contributed by atoms with Crippen LogP contribution in [0.25, 0.3) is 0 Å². The molecule has 0 aromatic heterocycles. The van der Waals surface area contributed by atoms with Gasteiger partial charge < -0.3 is 4.84 Å². The van der Waals surface area contributed by atoms with Gasteiger partial charge in [-0.2, -0.15) is 0 Å². The van der Waals surface area contributed by atoms with Crippen LogP contribution in [0.15, 0.2) is 62.6 Å². The lowest BCUT2D eigenvalue weighted by Gasteiger charge is -2.08. The molecule has 0 saturated carbocycles. The van der Waals surface area contributed by atoms with Crippen LogP contribution >= 0.6 is 31.9 Å². The fourth-order valence-corrected chi connectivity index (χ4v) is 2.58. The molecule has 2 aromatic rings. The summed E-state index contributed by atoms with van der Waals surface area (Å²) in [6.07, 6.45) is 0.829. The fraction of sp³-hybridized carbons (Fsp3) is 0.133. The Morgan fingerprint density at radius 2 is 1.47 bits per heavy atom. The molecule has 2 aromatic carbocycles. The van der Waals surface area contributed by atoms with Crippen LogP contribution in [0.4, 0.5) is 0 Å². The van der Waals surface area contributed by atoms with Crippen LogP contribution in [-0.4, -0.2) is 5.71 Å². The summed E-state index contributed by atoms with van der Waals surface area (Å²) in [5.74, 6) is 0. The van der Waals surface area contributed by atoms with Crippen molar-refractivity contribution in [1.29, 1.82) is 0 Å². The van der Waals surface area contributed by atoms with Gasteiger partial charge in [0.25, 0.3) is 0 Å². The van der Waals surface area contributed by atoms with E-state index in [4.69, 9.17) is 4.84 Å². The van der Waals surface area contributed by atoms with Gasteiger partial charge in [0.05, 0.1) is 5.71 Å². The van der Waals surface area contributed by atoms with E-state index in [2.05, 4.69) is 61.3 Å². The Balaban J connectivity index is 1.76. The quantitative estimate of drug-likeness (QED) is 0.712. The lowest BCUT2D eigenvalue weighted by Crippen LogP contribution is -2.01. The van der Waals surface area contributed by atoms with Crippen molar-refractivity contribution in [2.45, 2.75) is 12.5 Å². The van der Waals surface area contributed by atoms with Gasteiger partial charge in [-0.25, -0.2) is 0 Å². The first-order chi connectivity index (χ1) is 9.22. The van der Waals surface area contributed by atoms with E-state index < -0.39 is 0 Å². The molecule has 0 radical (unpaired) electrons. The number of rotatable bonds is 2. The van der Waals surface area contributed by atoms with Crippen molar-refractivity contribution in [2.75, 3.05) is 0 Å². The highest BCUT2D eigenvalue weighted by atomic mass is 79.9. The first-order valence-electron chi connectivity index (χ1n) is 5.96. The standard InChI is InChI=1S/C15H11Br2NO/c16-12-5-1-10(2-6-12)14-9-15(19-18-14)11-3-7-13(17)8-4-11/h1-8,15H,9H2/t15-/m0/s1. The van der Waals surface area contributed by atoms with Crippen molar-refractivity contribution < 1.29 is 4.84 Å². The number of hydrogen-bond acceptors (Lipinski definition) is 2. The predicted octanol–water partition coefficient (Wildman–Crippen LogP) is 5.08. The second-order valence-electron chi connectivity index (χ2n) is 4.39. The van der Waals surface area contributed by atoms with Crippen LogP contribution in [-0.2, 0) is 4.84 Å². The van der Waals surface area contributed by atoms with E-state index in [1.807, 2.05) is 24.3 Å². The molecule has 0 aliphatic carbocycles. The van der Waals surface area contributed by atoms with Crippen LogP contribution in [0.5, 0.6) is 0 Å². The Morgan fingerprint density at radius 3 is 2.11 bits per heavy atom. The average Bonchev–Trinajstić information content (AvgIpc) is 2.90. The molecule has 0 bridgehead atoms. The second-order valence-corrected chi connectivity index (χ2v) is 6.23. The maximum atomic E-state index is 5.54. The minimum absolute atomic E-state index is 0.0201. The zero-order valence-electron chi connectivity index (χ0n) is 10.0. The number of halogens is 2. The first-order valence-corrected chi connectivity index (χ1v) is 7.55. The molecule has 0 amide bonds. The Kier molecular flexibility index (Phi) is 3.71. The van der Waals surface area contributed by atoms with E-state index in [9.17, 15) is 0 Å². The van der Waals surface area contributed by atoms with Gasteiger partial charge >= 0.3 is 0 Å². The van der Waals surface area contributed by atoms with E-state index in [-0.39, 0.29) is 6.10 Å². The Labute approximate surface area is 128 Å². The zero-order chi connectivity index (χ0) is 13.2. The average molecular weight is 381 g/mol. The largest absolute Gasteiger partial charge is 0.387 e. The highest BCUT2D eigenvalue weighted by Crippen LogP contribution is 2.30. The Morgan fingerprint density at radius 1 is 0.895 bits per heavy atom. The molecule has 0 N–H and O–H groups in total. The van der Waals surface area contributed by atoms with Gasteiger partial charge in [-0.15, -0.1) is 0 Å². The van der Waals surface area contributed by atoms with Crippen molar-refractivity contribution in [3.05, 3.63) is 68.6 Å². The normalized spacial score (nSPS) is 18.0. The smallest absolute Gasteiger partial charge is 0.158 e. The molecule has 0 saturated heterocycles. The molecule has 3 rings (SSSR count). The SMILES string of the molecule is Brc1ccc(C2=NO[C@H](c3ccc(Br)cc3)C2)cc1. The molecule has 96 valence electrons. The van der Waals surface area contributed by atoms with E-state index >= 15 is 0 Å². The molecule has 19 heavy (non-hydrogen) atoms. The van der Waals surface area contributed by atoms with Gasteiger partial charge in [0.15, 0.2) is 6.10 Å². The van der Waals surface area contributed by atoms with E-state index in [0.717, 1.165) is 32.2 Å². The predicted molar refractivity (Wildman–Crippen MR) is 83.3 cm³/mol. The van der Waals surface area contributed by atoms with Gasteiger partial charge in [-0.3, -0.25) is 0 Å². The summed E-state index contributed by atoms with van der Waals surface area (Å²) >= 11 is 6.87. The van der Waals surface area contributed by atoms with Crippen molar-refractivity contribution in [2.24, 2.45) is 5.16 Å². The summed E-state index contributed by atoms with van der Waals surface area (Å²) in [7, 11) is 0. The molecular formula is C15H11Br2NO. The van der Waals surface area contributed by atoms with Gasteiger partial charge in [0.1, 0.15) is 0 Å². The Hall–Kier alpha value is -1.13. The molecule has 1 atom stereocenters. The molecule has 1 heterocycles. The minimum atomic E-state index is 0.0201. The van der Waals surface area contributed by atoms with E-state index in [1.54, 1.807) is 0 Å². The monoisotopic (exact) mass is 379 g/mol. The number of oxime groups is 1. The molecule has 0 fully saturated rings. The lowest BCUT2D eigenvalue weighted by molar-refractivity contribution is 0.0857. The number of benzene rings is 2. The van der Waals surface area contributed by atoms with Gasteiger partial charge in [-0.1, -0.05) is 61.3 Å². The summed E-state index contributed by atoms with van der Waals surface area (Å²) in [6, 6.07) is 16.3. The van der Waals surface area contributed by atoms with Crippen molar-refractivity contribution in [3.8, 4) is 0 Å². The summed E-state index contributed by atoms with van der Waals surface area (Å²) in [5.41, 5.74) is 3.27. The molecular weight excluding hydrogens is 370 g/mol. The molecule has 1 aliphatic rings. The highest BCUT2D eigenvalue weighted by Gasteiger charge is 2.23. The summed E-state index contributed by atoms with van der Waals surface area (Å²) in [4.78, 5) is 5.54. The van der Waals surface area contributed by atoms with E-state index in [0.29, 0.717) is 0 Å². The topological polar surface area (TPSA) is 21.6 Å². The van der Waals surface area contributed by atoms with Crippen LogP contribution in [0.3, 0.4) is 0 Å². The third-order valence-corrected chi connectivity index (χ3v) is 4.15. The van der Waals surface area contributed by atoms with Crippen molar-refractivity contribution in [3.63, 3.8) is 0 Å². The maximum Gasteiger partial charge on any atom is 0.158 e. The number of nitrogens with zero attached hydrogens (tertiary/aromatic N) is 1. The second kappa shape index (κ2) is 5.47. The molecule has 4 heteroatoms.